The molecular weight excluding hydrogens is 246 g/mol. The maximum Gasteiger partial charge on any atom is 0.335 e. The number of carboxylic acids is 1. The van der Waals surface area contributed by atoms with Gasteiger partial charge in [0.15, 0.2) is 0 Å². The van der Waals surface area contributed by atoms with Crippen LogP contribution in [0.15, 0.2) is 24.3 Å². The molecule has 0 aliphatic carbocycles. The minimum Gasteiger partial charge on any atom is -0.478 e. The molecular formula is C14H17NO4. The van der Waals surface area contributed by atoms with Crippen molar-refractivity contribution >= 4 is 11.9 Å². The number of aromatic carboxylic acids is 1. The Bertz CT molecular complexity index is 466. The van der Waals surface area contributed by atoms with Crippen molar-refractivity contribution < 1.29 is 19.4 Å². The van der Waals surface area contributed by atoms with Gasteiger partial charge in [-0.15, -0.1) is 0 Å². The van der Waals surface area contributed by atoms with Crippen molar-refractivity contribution in [3.8, 4) is 0 Å². The number of rotatable bonds is 4. The van der Waals surface area contributed by atoms with Crippen LogP contribution in [0, 0.1) is 0 Å². The summed E-state index contributed by atoms with van der Waals surface area (Å²) in [7, 11) is 0. The van der Waals surface area contributed by atoms with Gasteiger partial charge in [-0.25, -0.2) is 4.79 Å². The van der Waals surface area contributed by atoms with E-state index < -0.39 is 5.97 Å². The lowest BCUT2D eigenvalue weighted by Gasteiger charge is -2.23. The van der Waals surface area contributed by atoms with Crippen molar-refractivity contribution in [2.24, 2.45) is 0 Å². The Morgan fingerprint density at radius 1 is 1.42 bits per heavy atom. The van der Waals surface area contributed by atoms with Crippen LogP contribution < -0.4 is 5.32 Å². The quantitative estimate of drug-likeness (QED) is 0.856. The van der Waals surface area contributed by atoms with Gasteiger partial charge in [-0.3, -0.25) is 4.79 Å². The summed E-state index contributed by atoms with van der Waals surface area (Å²) in [6, 6.07) is 6.51. The van der Waals surface area contributed by atoms with E-state index >= 15 is 0 Å². The number of carbonyl (C=O) groups excluding carboxylic acids is 1. The van der Waals surface area contributed by atoms with E-state index in [1.807, 2.05) is 0 Å². The molecule has 0 spiro atoms. The molecule has 1 aliphatic heterocycles. The lowest BCUT2D eigenvalue weighted by molar-refractivity contribution is -0.122. The number of benzene rings is 1. The molecule has 1 fully saturated rings. The molecule has 19 heavy (non-hydrogen) atoms. The maximum atomic E-state index is 11.8. The SMILES string of the molecule is O=C(Cc1cccc(C(=O)O)c1)NC1CCCOC1. The van der Waals surface area contributed by atoms with Gasteiger partial charge in [0.1, 0.15) is 0 Å². The van der Waals surface area contributed by atoms with Crippen LogP contribution in [0.25, 0.3) is 0 Å². The zero-order valence-electron chi connectivity index (χ0n) is 10.6. The smallest absolute Gasteiger partial charge is 0.335 e. The Morgan fingerprint density at radius 2 is 2.26 bits per heavy atom. The average molecular weight is 263 g/mol. The molecule has 5 nitrogen and oxygen atoms in total. The van der Waals surface area contributed by atoms with Crippen LogP contribution in [0.2, 0.25) is 0 Å². The fourth-order valence-corrected chi connectivity index (χ4v) is 2.13. The Hall–Kier alpha value is -1.88. The fraction of sp³-hybridized carbons (Fsp3) is 0.429. The first-order valence-electron chi connectivity index (χ1n) is 6.34. The van der Waals surface area contributed by atoms with Gasteiger partial charge in [0.05, 0.1) is 24.6 Å². The van der Waals surface area contributed by atoms with Crippen molar-refractivity contribution in [3.63, 3.8) is 0 Å². The molecule has 1 heterocycles. The lowest BCUT2D eigenvalue weighted by Crippen LogP contribution is -2.41. The van der Waals surface area contributed by atoms with E-state index in [1.54, 1.807) is 12.1 Å². The third-order valence-electron chi connectivity index (χ3n) is 3.06. The third kappa shape index (κ3) is 4.06. The van der Waals surface area contributed by atoms with Gasteiger partial charge in [0.2, 0.25) is 5.91 Å². The number of carbonyl (C=O) groups is 2. The highest BCUT2D eigenvalue weighted by atomic mass is 16.5. The second-order valence-corrected chi connectivity index (χ2v) is 4.66. The molecule has 1 atom stereocenters. The number of nitrogens with one attached hydrogen (secondary N) is 1. The highest BCUT2D eigenvalue weighted by Crippen LogP contribution is 2.08. The van der Waals surface area contributed by atoms with Crippen molar-refractivity contribution in [1.29, 1.82) is 0 Å². The Balaban J connectivity index is 1.90. The van der Waals surface area contributed by atoms with Crippen molar-refractivity contribution in [1.82, 2.24) is 5.32 Å². The summed E-state index contributed by atoms with van der Waals surface area (Å²) in [5, 5.41) is 11.8. The number of amides is 1. The van der Waals surface area contributed by atoms with Crippen LogP contribution >= 0.6 is 0 Å². The van der Waals surface area contributed by atoms with Crippen LogP contribution in [-0.4, -0.2) is 36.2 Å². The summed E-state index contributed by atoms with van der Waals surface area (Å²) in [5.74, 6) is -1.08. The second-order valence-electron chi connectivity index (χ2n) is 4.66. The van der Waals surface area contributed by atoms with Crippen molar-refractivity contribution in [2.45, 2.75) is 25.3 Å². The number of carboxylic acid groups (broad SMARTS) is 1. The minimum absolute atomic E-state index is 0.0731. The van der Waals surface area contributed by atoms with Crippen LogP contribution in [0.4, 0.5) is 0 Å². The molecule has 1 aromatic rings. The topological polar surface area (TPSA) is 75.6 Å². The summed E-state index contributed by atoms with van der Waals surface area (Å²) in [6.07, 6.45) is 2.08. The third-order valence-corrected chi connectivity index (χ3v) is 3.06. The standard InChI is InChI=1S/C14H17NO4/c16-13(15-12-5-2-6-19-9-12)8-10-3-1-4-11(7-10)14(17)18/h1,3-4,7,12H,2,5-6,8-9H2,(H,15,16)(H,17,18). The van der Waals surface area contributed by atoms with E-state index in [-0.39, 0.29) is 23.9 Å². The molecule has 102 valence electrons. The van der Waals surface area contributed by atoms with Crippen LogP contribution in [-0.2, 0) is 16.0 Å². The van der Waals surface area contributed by atoms with E-state index in [2.05, 4.69) is 5.32 Å². The van der Waals surface area contributed by atoms with Gasteiger partial charge in [0, 0.05) is 6.61 Å². The summed E-state index contributed by atoms with van der Waals surface area (Å²) in [4.78, 5) is 22.7. The molecule has 1 unspecified atom stereocenters. The molecule has 1 saturated heterocycles. The van der Waals surface area contributed by atoms with Crippen LogP contribution in [0.1, 0.15) is 28.8 Å². The normalized spacial score (nSPS) is 18.8. The van der Waals surface area contributed by atoms with Gasteiger partial charge < -0.3 is 15.2 Å². The average Bonchev–Trinajstić information content (AvgIpc) is 2.40. The molecule has 1 amide bonds. The highest BCUT2D eigenvalue weighted by Gasteiger charge is 2.16. The van der Waals surface area contributed by atoms with Gasteiger partial charge in [-0.2, -0.15) is 0 Å². The van der Waals surface area contributed by atoms with E-state index in [4.69, 9.17) is 9.84 Å². The Kier molecular flexibility index (Phi) is 4.52. The fourth-order valence-electron chi connectivity index (χ4n) is 2.13. The molecule has 0 saturated carbocycles. The zero-order chi connectivity index (χ0) is 13.7. The summed E-state index contributed by atoms with van der Waals surface area (Å²) >= 11 is 0. The molecule has 2 rings (SSSR count). The minimum atomic E-state index is -0.983. The predicted molar refractivity (Wildman–Crippen MR) is 69.1 cm³/mol. The lowest BCUT2D eigenvalue weighted by atomic mass is 10.1. The van der Waals surface area contributed by atoms with Crippen LogP contribution in [0.5, 0.6) is 0 Å². The molecule has 0 bridgehead atoms. The molecule has 2 N–H and O–H groups in total. The monoisotopic (exact) mass is 263 g/mol. The van der Waals surface area contributed by atoms with Gasteiger partial charge >= 0.3 is 5.97 Å². The van der Waals surface area contributed by atoms with E-state index in [1.165, 1.54) is 12.1 Å². The van der Waals surface area contributed by atoms with E-state index in [0.717, 1.165) is 19.4 Å². The zero-order valence-corrected chi connectivity index (χ0v) is 10.6. The summed E-state index contributed by atoms with van der Waals surface area (Å²) in [5.41, 5.74) is 0.903. The Labute approximate surface area is 111 Å². The van der Waals surface area contributed by atoms with Gasteiger partial charge in [-0.1, -0.05) is 12.1 Å². The predicted octanol–water partition coefficient (Wildman–Crippen LogP) is 1.22. The van der Waals surface area contributed by atoms with Crippen molar-refractivity contribution in [2.75, 3.05) is 13.2 Å². The first kappa shape index (κ1) is 13.5. The van der Waals surface area contributed by atoms with Crippen molar-refractivity contribution in [3.05, 3.63) is 35.4 Å². The number of ether oxygens (including phenoxy) is 1. The largest absolute Gasteiger partial charge is 0.478 e. The molecule has 1 aromatic carbocycles. The molecule has 5 heteroatoms. The maximum absolute atomic E-state index is 11.8. The Morgan fingerprint density at radius 3 is 2.95 bits per heavy atom. The molecule has 1 aliphatic rings. The van der Waals surface area contributed by atoms with Gasteiger partial charge in [-0.05, 0) is 30.5 Å². The summed E-state index contributed by atoms with van der Waals surface area (Å²) < 4.78 is 5.29. The van der Waals surface area contributed by atoms with Gasteiger partial charge in [0.25, 0.3) is 0 Å². The summed E-state index contributed by atoms with van der Waals surface area (Å²) in [6.45, 7) is 1.31. The van der Waals surface area contributed by atoms with E-state index in [0.29, 0.717) is 12.2 Å². The first-order chi connectivity index (χ1) is 9.15. The number of hydrogen-bond acceptors (Lipinski definition) is 3. The molecule has 0 radical (unpaired) electrons. The second kappa shape index (κ2) is 6.33. The first-order valence-corrected chi connectivity index (χ1v) is 6.34. The molecule has 0 aromatic heterocycles. The van der Waals surface area contributed by atoms with E-state index in [9.17, 15) is 9.59 Å². The number of hydrogen-bond donors (Lipinski definition) is 2. The highest BCUT2D eigenvalue weighted by molar-refractivity contribution is 5.88. The van der Waals surface area contributed by atoms with Crippen LogP contribution in [0.3, 0.4) is 0 Å².